The Bertz CT molecular complexity index is 233. The summed E-state index contributed by atoms with van der Waals surface area (Å²) in [5.41, 5.74) is 0.801. The lowest BCUT2D eigenvalue weighted by atomic mass is 10.0. The van der Waals surface area contributed by atoms with Gasteiger partial charge in [0, 0.05) is 12.5 Å². The van der Waals surface area contributed by atoms with Crippen LogP contribution >= 0.6 is 0 Å². The van der Waals surface area contributed by atoms with Crippen LogP contribution in [0.2, 0.25) is 0 Å². The van der Waals surface area contributed by atoms with Crippen molar-refractivity contribution in [1.29, 1.82) is 0 Å². The maximum Gasteiger partial charge on any atom is 0.119 e. The number of phenolic OH excluding ortho intramolecular Hbond substituents is 1. The minimum absolute atomic E-state index is 0.0104. The van der Waals surface area contributed by atoms with Gasteiger partial charge in [-0.15, -0.1) is 0 Å². The van der Waals surface area contributed by atoms with Crippen LogP contribution in [0.5, 0.6) is 5.75 Å². The minimum Gasteiger partial charge on any atom is -0.508 e. The van der Waals surface area contributed by atoms with E-state index in [1.54, 1.807) is 12.1 Å². The highest BCUT2D eigenvalue weighted by Gasteiger charge is 2.06. The molecule has 0 fully saturated rings. The summed E-state index contributed by atoms with van der Waals surface area (Å²) >= 11 is 0. The molecular weight excluding hydrogens is 140 g/mol. The molecule has 0 saturated heterocycles. The fourth-order valence-corrected chi connectivity index (χ4v) is 1.00. The Labute approximate surface area is 66.1 Å². The molecule has 0 heterocycles. The van der Waals surface area contributed by atoms with Crippen molar-refractivity contribution >= 4 is 0 Å². The van der Waals surface area contributed by atoms with E-state index in [4.69, 9.17) is 5.11 Å². The van der Waals surface area contributed by atoms with Gasteiger partial charge in [-0.05, 0) is 11.6 Å². The average molecular weight is 152 g/mol. The van der Waals surface area contributed by atoms with Crippen molar-refractivity contribution in [2.24, 2.45) is 0 Å². The van der Waals surface area contributed by atoms with Gasteiger partial charge in [0.15, 0.2) is 0 Å². The summed E-state index contributed by atoms with van der Waals surface area (Å²) in [7, 11) is 0. The van der Waals surface area contributed by atoms with Gasteiger partial charge in [0.05, 0.1) is 0 Å². The van der Waals surface area contributed by atoms with Crippen LogP contribution in [-0.4, -0.2) is 16.8 Å². The van der Waals surface area contributed by atoms with Crippen molar-refractivity contribution in [1.82, 2.24) is 0 Å². The number of aliphatic hydroxyl groups excluding tert-OH is 1. The molecule has 11 heavy (non-hydrogen) atoms. The predicted molar refractivity (Wildman–Crippen MR) is 43.6 cm³/mol. The van der Waals surface area contributed by atoms with E-state index in [1.807, 2.05) is 19.1 Å². The Morgan fingerprint density at radius 3 is 2.55 bits per heavy atom. The lowest BCUT2D eigenvalue weighted by molar-refractivity contribution is 0.270. The van der Waals surface area contributed by atoms with E-state index in [9.17, 15) is 5.11 Å². The highest BCUT2D eigenvalue weighted by atomic mass is 16.3. The van der Waals surface area contributed by atoms with E-state index in [1.165, 1.54) is 0 Å². The molecular formula is C9H12O2. The molecule has 1 rings (SSSR count). The Kier molecular flexibility index (Phi) is 2.49. The Morgan fingerprint density at radius 2 is 2.00 bits per heavy atom. The minimum atomic E-state index is 0.0104. The largest absolute Gasteiger partial charge is 0.508 e. The summed E-state index contributed by atoms with van der Waals surface area (Å²) in [6.07, 6.45) is 0. The van der Waals surface area contributed by atoms with Crippen molar-refractivity contribution in [3.05, 3.63) is 29.8 Å². The number of rotatable bonds is 2. The first kappa shape index (κ1) is 8.08. The molecule has 0 aliphatic carbocycles. The van der Waals surface area contributed by atoms with Gasteiger partial charge in [-0.2, -0.15) is 0 Å². The van der Waals surface area contributed by atoms with E-state index in [-0.39, 0.29) is 18.3 Å². The fourth-order valence-electron chi connectivity index (χ4n) is 1.00. The first-order valence-electron chi connectivity index (χ1n) is 3.64. The van der Waals surface area contributed by atoms with Crippen LogP contribution in [-0.2, 0) is 0 Å². The molecule has 0 aliphatic heterocycles. The van der Waals surface area contributed by atoms with Gasteiger partial charge in [0.25, 0.3) is 0 Å². The molecule has 60 valence electrons. The lowest BCUT2D eigenvalue weighted by Crippen LogP contribution is -1.98. The van der Waals surface area contributed by atoms with E-state index in [0.717, 1.165) is 5.56 Å². The standard InChI is InChI=1S/C9H12O2/c1-7(6-10)8-4-2-3-5-9(8)11/h2-5,7,10-11H,6H2,1H3. The molecule has 0 saturated carbocycles. The van der Waals surface area contributed by atoms with Crippen molar-refractivity contribution in [2.45, 2.75) is 12.8 Å². The van der Waals surface area contributed by atoms with Crippen LogP contribution in [0.15, 0.2) is 24.3 Å². The molecule has 1 aromatic rings. The molecule has 0 aromatic heterocycles. The van der Waals surface area contributed by atoms with Crippen LogP contribution < -0.4 is 0 Å². The van der Waals surface area contributed by atoms with Gasteiger partial charge in [0.1, 0.15) is 5.75 Å². The topological polar surface area (TPSA) is 40.5 Å². The number of hydrogen-bond acceptors (Lipinski definition) is 2. The molecule has 2 heteroatoms. The van der Waals surface area contributed by atoms with Gasteiger partial charge < -0.3 is 10.2 Å². The van der Waals surface area contributed by atoms with Crippen LogP contribution in [0.25, 0.3) is 0 Å². The maximum atomic E-state index is 9.30. The summed E-state index contributed by atoms with van der Waals surface area (Å²) in [5.74, 6) is 0.269. The van der Waals surface area contributed by atoms with Crippen LogP contribution in [0, 0.1) is 0 Å². The van der Waals surface area contributed by atoms with Gasteiger partial charge in [-0.1, -0.05) is 25.1 Å². The number of aliphatic hydroxyl groups is 1. The molecule has 1 aromatic carbocycles. The third kappa shape index (κ3) is 1.71. The first-order valence-corrected chi connectivity index (χ1v) is 3.64. The molecule has 0 radical (unpaired) electrons. The highest BCUT2D eigenvalue weighted by molar-refractivity contribution is 5.34. The number of phenols is 1. The van der Waals surface area contributed by atoms with Crippen molar-refractivity contribution in [3.8, 4) is 5.75 Å². The maximum absolute atomic E-state index is 9.30. The van der Waals surface area contributed by atoms with Gasteiger partial charge in [-0.3, -0.25) is 0 Å². The zero-order valence-corrected chi connectivity index (χ0v) is 6.49. The second kappa shape index (κ2) is 3.39. The summed E-state index contributed by atoms with van der Waals surface area (Å²) in [5, 5.41) is 18.1. The van der Waals surface area contributed by atoms with Crippen molar-refractivity contribution in [2.75, 3.05) is 6.61 Å². The fraction of sp³-hybridized carbons (Fsp3) is 0.333. The number of para-hydroxylation sites is 1. The summed E-state index contributed by atoms with van der Waals surface area (Å²) in [4.78, 5) is 0. The molecule has 2 N–H and O–H groups in total. The van der Waals surface area contributed by atoms with Crippen molar-refractivity contribution < 1.29 is 10.2 Å². The Balaban J connectivity index is 2.93. The second-order valence-corrected chi connectivity index (χ2v) is 2.64. The number of hydrogen-bond donors (Lipinski definition) is 2. The van der Waals surface area contributed by atoms with E-state index in [0.29, 0.717) is 0 Å². The van der Waals surface area contributed by atoms with Crippen LogP contribution in [0.1, 0.15) is 18.4 Å². The monoisotopic (exact) mass is 152 g/mol. The Hall–Kier alpha value is -1.02. The summed E-state index contributed by atoms with van der Waals surface area (Å²) in [6.45, 7) is 1.94. The third-order valence-corrected chi connectivity index (χ3v) is 1.74. The van der Waals surface area contributed by atoms with E-state index in [2.05, 4.69) is 0 Å². The third-order valence-electron chi connectivity index (χ3n) is 1.74. The van der Waals surface area contributed by atoms with Gasteiger partial charge in [-0.25, -0.2) is 0 Å². The number of benzene rings is 1. The van der Waals surface area contributed by atoms with E-state index >= 15 is 0 Å². The summed E-state index contributed by atoms with van der Waals surface area (Å²) in [6, 6.07) is 7.06. The molecule has 0 amide bonds. The second-order valence-electron chi connectivity index (χ2n) is 2.64. The predicted octanol–water partition coefficient (Wildman–Crippen LogP) is 1.49. The molecule has 0 aliphatic rings. The zero-order chi connectivity index (χ0) is 8.27. The highest BCUT2D eigenvalue weighted by Crippen LogP contribution is 2.23. The SMILES string of the molecule is CC(CO)c1ccccc1O. The molecule has 1 atom stereocenters. The number of aromatic hydroxyl groups is 1. The normalized spacial score (nSPS) is 12.9. The zero-order valence-electron chi connectivity index (χ0n) is 6.49. The summed E-state index contributed by atoms with van der Waals surface area (Å²) < 4.78 is 0. The van der Waals surface area contributed by atoms with Crippen LogP contribution in [0.3, 0.4) is 0 Å². The molecule has 1 unspecified atom stereocenters. The first-order chi connectivity index (χ1) is 5.25. The van der Waals surface area contributed by atoms with Crippen LogP contribution in [0.4, 0.5) is 0 Å². The average Bonchev–Trinajstić information content (AvgIpc) is 2.04. The van der Waals surface area contributed by atoms with E-state index < -0.39 is 0 Å². The van der Waals surface area contributed by atoms with Gasteiger partial charge in [0.2, 0.25) is 0 Å². The van der Waals surface area contributed by atoms with Gasteiger partial charge >= 0.3 is 0 Å². The molecule has 2 nitrogen and oxygen atoms in total. The molecule has 0 spiro atoms. The quantitative estimate of drug-likeness (QED) is 0.674. The lowest BCUT2D eigenvalue weighted by Gasteiger charge is -2.08. The molecule has 0 bridgehead atoms. The Morgan fingerprint density at radius 1 is 1.36 bits per heavy atom. The smallest absolute Gasteiger partial charge is 0.119 e. The van der Waals surface area contributed by atoms with Crippen molar-refractivity contribution in [3.63, 3.8) is 0 Å².